The van der Waals surface area contributed by atoms with E-state index in [1.165, 1.54) is 0 Å². The number of aliphatic hydroxyl groups is 1. The summed E-state index contributed by atoms with van der Waals surface area (Å²) in [5.41, 5.74) is 0. The Morgan fingerprint density at radius 1 is 0.510 bits per heavy atom. The Morgan fingerprint density at radius 3 is 1.35 bits per heavy atom. The largest absolute Gasteiger partial charge is 0.415 e. The van der Waals surface area contributed by atoms with Crippen LogP contribution in [0.5, 0.6) is 0 Å². The van der Waals surface area contributed by atoms with Crippen LogP contribution in [0.4, 0.5) is 0 Å². The molecule has 51 heavy (non-hydrogen) atoms. The summed E-state index contributed by atoms with van der Waals surface area (Å²) in [6, 6.07) is 0. The SMILES string of the molecule is C[Si](C)(C)OCC1O[C@H](OC2[C@@H](O[Si](C)(C)C)[C@H](O[Si](C)(C)C)CO[C@@]2(O)CO[Si](C)(C)C)C(O[Si](C)(C)C)[C@H](O[Si](C)(C)C)[C@@H]1O[Si](C)(C)C. The van der Waals surface area contributed by atoms with Crippen molar-refractivity contribution in [3.63, 3.8) is 0 Å². The van der Waals surface area contributed by atoms with E-state index in [4.69, 9.17) is 45.2 Å². The highest BCUT2D eigenvalue weighted by Gasteiger charge is 2.59. The molecular formula is C33H78O11Si7. The van der Waals surface area contributed by atoms with Gasteiger partial charge in [0.2, 0.25) is 5.79 Å². The minimum absolute atomic E-state index is 0.0801. The summed E-state index contributed by atoms with van der Waals surface area (Å²) in [5.74, 6) is -1.85. The topological polar surface area (TPSA) is 113 Å². The molecule has 2 rings (SSSR count). The molecule has 18 heteroatoms. The van der Waals surface area contributed by atoms with E-state index in [0.29, 0.717) is 6.61 Å². The molecule has 9 atom stereocenters. The van der Waals surface area contributed by atoms with Crippen molar-refractivity contribution in [2.24, 2.45) is 0 Å². The van der Waals surface area contributed by atoms with Crippen LogP contribution in [0.2, 0.25) is 137 Å². The first kappa shape index (κ1) is 48.2. The van der Waals surface area contributed by atoms with Gasteiger partial charge < -0.3 is 50.3 Å². The average molecular weight is 848 g/mol. The van der Waals surface area contributed by atoms with Gasteiger partial charge in [0.05, 0.1) is 25.9 Å². The smallest absolute Gasteiger partial charge is 0.218 e. The molecule has 2 aliphatic rings. The predicted octanol–water partition coefficient (Wildman–Crippen LogP) is 7.62. The molecular weight excluding hydrogens is 769 g/mol. The Kier molecular flexibility index (Phi) is 16.3. The number of rotatable bonds is 18. The number of hydrogen-bond acceptors (Lipinski definition) is 11. The fraction of sp³-hybridized carbons (Fsp3) is 1.00. The lowest BCUT2D eigenvalue weighted by Crippen LogP contribution is -2.71. The van der Waals surface area contributed by atoms with Crippen LogP contribution in [0.3, 0.4) is 0 Å². The van der Waals surface area contributed by atoms with E-state index in [0.717, 1.165) is 0 Å². The van der Waals surface area contributed by atoms with Gasteiger partial charge in [-0.2, -0.15) is 0 Å². The summed E-state index contributed by atoms with van der Waals surface area (Å²) in [5, 5.41) is 12.6. The molecule has 1 N–H and O–H groups in total. The van der Waals surface area contributed by atoms with Crippen LogP contribution in [0, 0.1) is 0 Å². The highest BCUT2D eigenvalue weighted by atomic mass is 28.4. The van der Waals surface area contributed by atoms with Crippen molar-refractivity contribution >= 4 is 58.2 Å². The van der Waals surface area contributed by atoms with Crippen LogP contribution in [0.15, 0.2) is 0 Å². The number of hydrogen-bond donors (Lipinski definition) is 1. The molecule has 0 aromatic rings. The van der Waals surface area contributed by atoms with Crippen LogP contribution in [-0.4, -0.2) is 138 Å². The van der Waals surface area contributed by atoms with Crippen molar-refractivity contribution in [1.29, 1.82) is 0 Å². The quantitative estimate of drug-likeness (QED) is 0.138. The minimum Gasteiger partial charge on any atom is -0.415 e. The van der Waals surface area contributed by atoms with Crippen molar-refractivity contribution < 1.29 is 50.3 Å². The summed E-state index contributed by atoms with van der Waals surface area (Å²) in [7, 11) is -15.0. The van der Waals surface area contributed by atoms with Crippen LogP contribution in [-0.2, 0) is 45.2 Å². The summed E-state index contributed by atoms with van der Waals surface area (Å²) in [6.07, 6.45) is -5.27. The lowest BCUT2D eigenvalue weighted by Gasteiger charge is -2.54. The molecule has 0 spiro atoms. The first-order chi connectivity index (χ1) is 22.5. The molecule has 0 saturated carbocycles. The summed E-state index contributed by atoms with van der Waals surface area (Å²) in [4.78, 5) is 0. The maximum absolute atomic E-state index is 12.6. The molecule has 0 radical (unpaired) electrons. The Balaban J connectivity index is 2.85. The molecule has 0 aromatic carbocycles. The van der Waals surface area contributed by atoms with Gasteiger partial charge in [-0.05, 0) is 137 Å². The molecule has 2 aliphatic heterocycles. The first-order valence-corrected chi connectivity index (χ1v) is 42.7. The van der Waals surface area contributed by atoms with Crippen LogP contribution in [0.25, 0.3) is 0 Å². The van der Waals surface area contributed by atoms with Gasteiger partial charge in [0.25, 0.3) is 0 Å². The van der Waals surface area contributed by atoms with Crippen LogP contribution in [0.1, 0.15) is 0 Å². The van der Waals surface area contributed by atoms with Gasteiger partial charge in [-0.3, -0.25) is 0 Å². The van der Waals surface area contributed by atoms with Gasteiger partial charge in [-0.15, -0.1) is 0 Å². The Hall–Kier alpha value is 1.08. The molecule has 0 aliphatic carbocycles. The van der Waals surface area contributed by atoms with E-state index < -0.39 is 113 Å². The van der Waals surface area contributed by atoms with Crippen LogP contribution >= 0.6 is 0 Å². The van der Waals surface area contributed by atoms with E-state index in [9.17, 15) is 5.11 Å². The highest BCUT2D eigenvalue weighted by molar-refractivity contribution is 6.72. The first-order valence-electron chi connectivity index (χ1n) is 18.8. The zero-order valence-electron chi connectivity index (χ0n) is 36.3. The molecule has 0 aromatic heterocycles. The summed E-state index contributed by atoms with van der Waals surface area (Å²) >= 11 is 0. The lowest BCUT2D eigenvalue weighted by atomic mass is 9.96. The second kappa shape index (κ2) is 17.3. The molecule has 11 nitrogen and oxygen atoms in total. The maximum atomic E-state index is 12.6. The zero-order valence-corrected chi connectivity index (χ0v) is 43.3. The van der Waals surface area contributed by atoms with Crippen molar-refractivity contribution in [3.8, 4) is 0 Å². The molecule has 2 heterocycles. The van der Waals surface area contributed by atoms with E-state index in [1.54, 1.807) is 0 Å². The molecule has 2 saturated heterocycles. The second-order valence-corrected chi connectivity index (χ2v) is 52.5. The Labute approximate surface area is 319 Å². The van der Waals surface area contributed by atoms with Crippen molar-refractivity contribution in [1.82, 2.24) is 0 Å². The second-order valence-electron chi connectivity index (χ2n) is 21.1. The van der Waals surface area contributed by atoms with Gasteiger partial charge in [0.15, 0.2) is 64.5 Å². The fourth-order valence-electron chi connectivity index (χ4n) is 5.81. The van der Waals surface area contributed by atoms with E-state index >= 15 is 0 Å². The van der Waals surface area contributed by atoms with Crippen molar-refractivity contribution in [3.05, 3.63) is 0 Å². The third-order valence-electron chi connectivity index (χ3n) is 7.33. The Bertz CT molecular complexity index is 1090. The summed E-state index contributed by atoms with van der Waals surface area (Å²) < 4.78 is 68.3. The third kappa shape index (κ3) is 17.8. The van der Waals surface area contributed by atoms with Crippen LogP contribution < -0.4 is 0 Å². The average Bonchev–Trinajstić information content (AvgIpc) is 2.84. The van der Waals surface area contributed by atoms with E-state index in [-0.39, 0.29) is 13.2 Å². The van der Waals surface area contributed by atoms with E-state index in [2.05, 4.69) is 137 Å². The number of ether oxygens (including phenoxy) is 3. The Morgan fingerprint density at radius 2 is 0.922 bits per heavy atom. The predicted molar refractivity (Wildman–Crippen MR) is 224 cm³/mol. The minimum atomic E-state index is -2.25. The summed E-state index contributed by atoms with van der Waals surface area (Å²) in [6.45, 7) is 45.5. The lowest BCUT2D eigenvalue weighted by molar-refractivity contribution is -0.380. The van der Waals surface area contributed by atoms with Gasteiger partial charge in [0.1, 0.15) is 36.6 Å². The molecule has 0 amide bonds. The normalized spacial score (nSPS) is 32.4. The van der Waals surface area contributed by atoms with Gasteiger partial charge in [-0.1, -0.05) is 0 Å². The van der Waals surface area contributed by atoms with Gasteiger partial charge >= 0.3 is 0 Å². The molecule has 3 unspecified atom stereocenters. The zero-order chi connectivity index (χ0) is 39.8. The van der Waals surface area contributed by atoms with E-state index in [1.807, 2.05) is 0 Å². The van der Waals surface area contributed by atoms with Gasteiger partial charge in [-0.25, -0.2) is 0 Å². The van der Waals surface area contributed by atoms with Gasteiger partial charge in [0, 0.05) is 0 Å². The standard InChI is InChI=1S/C33H78O11Si7/c1-45(2,3)36-23-25-27(41-48(10,11)12)29(43-50(16,17)18)30(44-51(19,20)21)32(38-25)39-31-28(42-49(13,14)15)26(40-47(7,8)9)22-35-33(31,34)24-37-46(4,5)6/h25-32,34H,22-24H2,1-21H3/t25?,26-,27-,28+,29-,30?,31?,32-,33+/m1/s1. The third-order valence-corrected chi connectivity index (χ3v) is 14.3. The monoisotopic (exact) mass is 846 g/mol. The highest BCUT2D eigenvalue weighted by Crippen LogP contribution is 2.40. The maximum Gasteiger partial charge on any atom is 0.218 e. The fourth-order valence-corrected chi connectivity index (χ4v) is 12.6. The molecule has 304 valence electrons. The van der Waals surface area contributed by atoms with Crippen molar-refractivity contribution in [2.45, 2.75) is 192 Å². The molecule has 0 bridgehead atoms. The van der Waals surface area contributed by atoms with Crippen molar-refractivity contribution in [2.75, 3.05) is 19.8 Å². The molecule has 2 fully saturated rings.